The van der Waals surface area contributed by atoms with Crippen molar-refractivity contribution in [2.75, 3.05) is 18.6 Å². The first-order valence-corrected chi connectivity index (χ1v) is 9.80. The minimum absolute atomic E-state index is 0.0107. The number of aromatic nitrogens is 4. The number of imidazole rings is 1. The second kappa shape index (κ2) is 8.71. The van der Waals surface area contributed by atoms with Gasteiger partial charge in [-0.1, -0.05) is 0 Å². The van der Waals surface area contributed by atoms with E-state index in [-0.39, 0.29) is 36.0 Å². The van der Waals surface area contributed by atoms with Gasteiger partial charge in [-0.05, 0) is 40.5 Å². The van der Waals surface area contributed by atoms with Crippen molar-refractivity contribution in [3.8, 4) is 11.5 Å². The summed E-state index contributed by atoms with van der Waals surface area (Å²) >= 11 is 3.26. The number of aliphatic hydroxyl groups excluding tert-OH is 1. The molecule has 0 aliphatic carbocycles. The quantitative estimate of drug-likeness (QED) is 0.335. The van der Waals surface area contributed by atoms with E-state index in [9.17, 15) is 19.8 Å². The first kappa shape index (κ1) is 21.6. The molecule has 3 N–H and O–H groups in total. The Morgan fingerprint density at radius 1 is 1.30 bits per heavy atom. The number of nitrogens with one attached hydrogen (secondary N) is 1. The number of hydrogen-bond acceptors (Lipinski definition) is 8. The number of fused-ring (bicyclic) bond motifs is 1. The first-order chi connectivity index (χ1) is 14.3. The highest BCUT2D eigenvalue weighted by Gasteiger charge is 2.18. The number of aromatic hydroxyl groups is 1. The Balaban J connectivity index is 2.01. The van der Waals surface area contributed by atoms with Crippen LogP contribution >= 0.6 is 15.9 Å². The highest BCUT2D eigenvalue weighted by atomic mass is 79.9. The summed E-state index contributed by atoms with van der Waals surface area (Å²) in [6.07, 6.45) is 1.48. The van der Waals surface area contributed by atoms with E-state index >= 15 is 0 Å². The Hall–Kier alpha value is -3.12. The fourth-order valence-corrected chi connectivity index (χ4v) is 3.41. The van der Waals surface area contributed by atoms with Crippen LogP contribution in [0.5, 0.6) is 11.5 Å². The molecular formula is C18H21BrN6O5. The largest absolute Gasteiger partial charge is 0.503 e. The Morgan fingerprint density at radius 2 is 2.03 bits per heavy atom. The molecule has 0 aliphatic rings. The summed E-state index contributed by atoms with van der Waals surface area (Å²) in [4.78, 5) is 29.0. The van der Waals surface area contributed by atoms with Crippen molar-refractivity contribution in [3.05, 3.63) is 43.0 Å². The van der Waals surface area contributed by atoms with Crippen LogP contribution in [0.15, 0.2) is 31.3 Å². The summed E-state index contributed by atoms with van der Waals surface area (Å²) in [5.74, 6) is 0.485. The number of rotatable bonds is 7. The molecule has 0 spiro atoms. The van der Waals surface area contributed by atoms with Gasteiger partial charge in [0.1, 0.15) is 0 Å². The van der Waals surface area contributed by atoms with Crippen molar-refractivity contribution in [2.24, 2.45) is 19.2 Å². The first-order valence-electron chi connectivity index (χ1n) is 9.01. The molecule has 2 aromatic heterocycles. The smallest absolute Gasteiger partial charge is 0.332 e. The van der Waals surface area contributed by atoms with Crippen LogP contribution in [0.4, 0.5) is 5.95 Å². The van der Waals surface area contributed by atoms with Gasteiger partial charge in [0.05, 0.1) is 23.9 Å². The number of phenolic OH excluding ortho intramolecular Hbond substituents is 1. The van der Waals surface area contributed by atoms with Gasteiger partial charge in [0, 0.05) is 20.6 Å². The molecule has 11 nitrogen and oxygen atoms in total. The summed E-state index contributed by atoms with van der Waals surface area (Å²) < 4.78 is 9.53. The molecule has 3 aromatic rings. The van der Waals surface area contributed by atoms with Gasteiger partial charge in [0.2, 0.25) is 5.95 Å². The number of hydrogen-bond donors (Lipinski definition) is 3. The van der Waals surface area contributed by atoms with Crippen LogP contribution < -0.4 is 21.4 Å². The maximum absolute atomic E-state index is 12.6. The van der Waals surface area contributed by atoms with Gasteiger partial charge < -0.3 is 19.5 Å². The van der Waals surface area contributed by atoms with Gasteiger partial charge in [-0.3, -0.25) is 13.9 Å². The molecule has 0 unspecified atom stereocenters. The lowest BCUT2D eigenvalue weighted by Gasteiger charge is -2.08. The molecule has 0 fully saturated rings. The van der Waals surface area contributed by atoms with Gasteiger partial charge in [0.25, 0.3) is 5.56 Å². The molecule has 0 radical (unpaired) electrons. The average Bonchev–Trinajstić information content (AvgIpc) is 3.07. The molecule has 1 aromatic carbocycles. The third kappa shape index (κ3) is 3.83. The minimum atomic E-state index is -0.519. The number of halogens is 1. The fraction of sp³-hybridized carbons (Fsp3) is 0.333. The molecule has 0 atom stereocenters. The lowest BCUT2D eigenvalue weighted by Crippen LogP contribution is -2.37. The third-order valence-electron chi connectivity index (χ3n) is 4.40. The number of benzene rings is 1. The predicted octanol–water partition coefficient (Wildman–Crippen LogP) is 0.739. The van der Waals surface area contributed by atoms with Crippen LogP contribution in [0, 0.1) is 0 Å². The summed E-state index contributed by atoms with van der Waals surface area (Å²) in [7, 11) is 2.89. The van der Waals surface area contributed by atoms with Gasteiger partial charge in [0.15, 0.2) is 22.7 Å². The Morgan fingerprint density at radius 3 is 2.70 bits per heavy atom. The summed E-state index contributed by atoms with van der Waals surface area (Å²) in [6, 6.07) is 3.27. The van der Waals surface area contributed by atoms with E-state index in [1.807, 2.05) is 0 Å². The number of ether oxygens (including phenoxy) is 1. The zero-order chi connectivity index (χ0) is 22.0. The summed E-state index contributed by atoms with van der Waals surface area (Å²) in [5.41, 5.74) is 2.71. The third-order valence-corrected chi connectivity index (χ3v) is 5.00. The molecule has 0 bridgehead atoms. The van der Waals surface area contributed by atoms with E-state index in [2.05, 4.69) is 31.4 Å². The highest BCUT2D eigenvalue weighted by molar-refractivity contribution is 9.10. The molecule has 2 heterocycles. The van der Waals surface area contributed by atoms with E-state index < -0.39 is 11.2 Å². The molecule has 12 heteroatoms. The summed E-state index contributed by atoms with van der Waals surface area (Å²) in [5, 5.41) is 23.5. The van der Waals surface area contributed by atoms with Crippen LogP contribution in [0.25, 0.3) is 11.2 Å². The van der Waals surface area contributed by atoms with Crippen molar-refractivity contribution in [2.45, 2.75) is 13.5 Å². The second-order valence-corrected chi connectivity index (χ2v) is 7.20. The Kier molecular flexibility index (Phi) is 6.27. The van der Waals surface area contributed by atoms with Crippen LogP contribution in [-0.4, -0.2) is 48.3 Å². The van der Waals surface area contributed by atoms with Crippen LogP contribution in [0.1, 0.15) is 12.5 Å². The van der Waals surface area contributed by atoms with Crippen LogP contribution in [-0.2, 0) is 20.6 Å². The van der Waals surface area contributed by atoms with Crippen molar-refractivity contribution in [1.82, 2.24) is 18.7 Å². The second-order valence-electron chi connectivity index (χ2n) is 6.34. The van der Waals surface area contributed by atoms with Gasteiger partial charge in [-0.15, -0.1) is 0 Å². The molecular weight excluding hydrogens is 460 g/mol. The number of anilines is 1. The van der Waals surface area contributed by atoms with E-state index in [1.54, 1.807) is 19.1 Å². The number of hydrazone groups is 1. The van der Waals surface area contributed by atoms with E-state index in [1.165, 1.54) is 29.4 Å². The number of phenols is 1. The van der Waals surface area contributed by atoms with Crippen molar-refractivity contribution < 1.29 is 14.9 Å². The van der Waals surface area contributed by atoms with Gasteiger partial charge in [-0.2, -0.15) is 10.1 Å². The normalized spacial score (nSPS) is 11.5. The molecule has 30 heavy (non-hydrogen) atoms. The minimum Gasteiger partial charge on any atom is -0.503 e. The SMILES string of the molecule is CCOc1cc(/C=N\Nc2nc3c(c(=O)n(C)c(=O)n3C)n2CCO)cc(Br)c1O. The topological polar surface area (TPSA) is 136 Å². The molecule has 160 valence electrons. The lowest BCUT2D eigenvalue weighted by atomic mass is 10.2. The highest BCUT2D eigenvalue weighted by Crippen LogP contribution is 2.35. The average molecular weight is 481 g/mol. The lowest BCUT2D eigenvalue weighted by molar-refractivity contribution is 0.278. The maximum Gasteiger partial charge on any atom is 0.332 e. The molecule has 0 saturated heterocycles. The Bertz CT molecular complexity index is 1240. The maximum atomic E-state index is 12.6. The zero-order valence-corrected chi connectivity index (χ0v) is 18.2. The van der Waals surface area contributed by atoms with Crippen LogP contribution in [0.3, 0.4) is 0 Å². The fourth-order valence-electron chi connectivity index (χ4n) is 2.95. The monoisotopic (exact) mass is 480 g/mol. The van der Waals surface area contributed by atoms with Gasteiger partial charge in [-0.25, -0.2) is 10.2 Å². The molecule has 3 rings (SSSR count). The molecule has 0 saturated carbocycles. The van der Waals surface area contributed by atoms with E-state index in [4.69, 9.17) is 4.74 Å². The van der Waals surface area contributed by atoms with E-state index in [0.717, 1.165) is 4.57 Å². The standard InChI is InChI=1S/C18H21BrN6O5/c1-4-30-12-8-10(7-11(19)14(12)27)9-20-22-17-21-15-13(25(17)5-6-26)16(28)24(3)18(29)23(15)2/h7-9,26-27H,4-6H2,1-3H3,(H,21,22)/b20-9-. The number of aryl methyl sites for hydroxylation is 1. The summed E-state index contributed by atoms with van der Waals surface area (Å²) in [6.45, 7) is 2.04. The molecule has 0 aliphatic heterocycles. The van der Waals surface area contributed by atoms with E-state index in [0.29, 0.717) is 22.4 Å². The number of nitrogens with zero attached hydrogens (tertiary/aromatic N) is 5. The Labute approximate surface area is 179 Å². The van der Waals surface area contributed by atoms with Crippen molar-refractivity contribution in [1.29, 1.82) is 0 Å². The predicted molar refractivity (Wildman–Crippen MR) is 115 cm³/mol. The molecule has 0 amide bonds. The van der Waals surface area contributed by atoms with Crippen molar-refractivity contribution in [3.63, 3.8) is 0 Å². The zero-order valence-electron chi connectivity index (χ0n) is 16.6. The van der Waals surface area contributed by atoms with Crippen molar-refractivity contribution >= 4 is 39.3 Å². The van der Waals surface area contributed by atoms with Gasteiger partial charge >= 0.3 is 5.69 Å². The number of aliphatic hydroxyl groups is 1. The van der Waals surface area contributed by atoms with Crippen LogP contribution in [0.2, 0.25) is 0 Å².